The number of non-ortho nitro benzene ring substituents is 1. The summed E-state index contributed by atoms with van der Waals surface area (Å²) in [5.41, 5.74) is 1.34. The third kappa shape index (κ3) is 3.29. The molecule has 1 aromatic heterocycles. The predicted octanol–water partition coefficient (Wildman–Crippen LogP) is 4.47. The lowest BCUT2D eigenvalue weighted by Crippen LogP contribution is -2.14. The number of nitrogens with zero attached hydrogens (tertiary/aromatic N) is 5. The number of aromatic nitrogens is 3. The lowest BCUT2D eigenvalue weighted by molar-refractivity contribution is -0.384. The number of halogens is 2. The Hall–Kier alpha value is -2.64. The Morgan fingerprint density at radius 2 is 1.92 bits per heavy atom. The number of benzene rings is 2. The van der Waals surface area contributed by atoms with Crippen LogP contribution < -0.4 is 4.90 Å². The number of nitro benzene ring substituents is 1. The van der Waals surface area contributed by atoms with E-state index in [0.717, 1.165) is 5.69 Å². The molecule has 25 heavy (non-hydrogen) atoms. The molecule has 0 atom stereocenters. The van der Waals surface area contributed by atoms with E-state index in [0.29, 0.717) is 22.4 Å². The van der Waals surface area contributed by atoms with Crippen LogP contribution in [0.3, 0.4) is 0 Å². The summed E-state index contributed by atoms with van der Waals surface area (Å²) in [5, 5.41) is 20.1. The molecule has 9 heteroatoms. The molecule has 128 valence electrons. The van der Waals surface area contributed by atoms with Crippen LogP contribution in [0.2, 0.25) is 10.0 Å². The highest BCUT2D eigenvalue weighted by Crippen LogP contribution is 2.32. The van der Waals surface area contributed by atoms with E-state index in [-0.39, 0.29) is 10.7 Å². The van der Waals surface area contributed by atoms with Crippen LogP contribution in [0.4, 0.5) is 17.3 Å². The van der Waals surface area contributed by atoms with Crippen molar-refractivity contribution >= 4 is 40.5 Å². The highest BCUT2D eigenvalue weighted by Gasteiger charge is 2.19. The van der Waals surface area contributed by atoms with Gasteiger partial charge in [0.05, 0.1) is 9.95 Å². The van der Waals surface area contributed by atoms with Gasteiger partial charge in [0.1, 0.15) is 0 Å². The molecule has 3 aromatic rings. The molecule has 1 heterocycles. The zero-order valence-electron chi connectivity index (χ0n) is 13.3. The molecule has 0 saturated heterocycles. The van der Waals surface area contributed by atoms with Crippen molar-refractivity contribution in [3.05, 3.63) is 62.6 Å². The van der Waals surface area contributed by atoms with Crippen molar-refractivity contribution in [2.45, 2.75) is 0 Å². The molecular weight excluding hydrogens is 365 g/mol. The predicted molar refractivity (Wildman–Crippen MR) is 97.6 cm³/mol. The second-order valence-corrected chi connectivity index (χ2v) is 6.19. The molecular formula is C16H13Cl2N5O2. The quantitative estimate of drug-likeness (QED) is 0.495. The first-order chi connectivity index (χ1) is 11.9. The number of rotatable bonds is 4. The van der Waals surface area contributed by atoms with Crippen LogP contribution in [0.1, 0.15) is 0 Å². The van der Waals surface area contributed by atoms with Crippen molar-refractivity contribution in [1.82, 2.24) is 14.8 Å². The van der Waals surface area contributed by atoms with Gasteiger partial charge in [0.2, 0.25) is 5.95 Å². The number of hydrogen-bond acceptors (Lipinski definition) is 5. The molecule has 0 aliphatic heterocycles. The summed E-state index contributed by atoms with van der Waals surface area (Å²) < 4.78 is 1.76. The fourth-order valence-corrected chi connectivity index (χ4v) is 2.89. The first-order valence-electron chi connectivity index (χ1n) is 7.21. The van der Waals surface area contributed by atoms with Crippen LogP contribution in [0.25, 0.3) is 11.4 Å². The van der Waals surface area contributed by atoms with Gasteiger partial charge >= 0.3 is 0 Å². The van der Waals surface area contributed by atoms with Gasteiger partial charge in [-0.25, -0.2) is 0 Å². The lowest BCUT2D eigenvalue weighted by atomic mass is 10.2. The molecule has 0 aliphatic rings. The van der Waals surface area contributed by atoms with E-state index >= 15 is 0 Å². The fraction of sp³-hybridized carbons (Fsp3) is 0.125. The molecule has 0 saturated carbocycles. The minimum absolute atomic E-state index is 0.0767. The molecule has 0 aliphatic carbocycles. The van der Waals surface area contributed by atoms with E-state index in [2.05, 4.69) is 10.2 Å². The summed E-state index contributed by atoms with van der Waals surface area (Å²) in [7, 11) is 3.64. The van der Waals surface area contributed by atoms with E-state index in [4.69, 9.17) is 23.2 Å². The minimum Gasteiger partial charge on any atom is -0.314 e. The average Bonchev–Trinajstić information content (AvgIpc) is 2.95. The van der Waals surface area contributed by atoms with E-state index in [1.807, 2.05) is 30.1 Å². The number of nitro groups is 1. The summed E-state index contributed by atoms with van der Waals surface area (Å²) in [4.78, 5) is 12.2. The second-order valence-electron chi connectivity index (χ2n) is 5.34. The maximum Gasteiger partial charge on any atom is 0.270 e. The Balaban J connectivity index is 2.00. The summed E-state index contributed by atoms with van der Waals surface area (Å²) in [6, 6.07) is 11.6. The largest absolute Gasteiger partial charge is 0.314 e. The van der Waals surface area contributed by atoms with Crippen LogP contribution in [0, 0.1) is 10.1 Å². The molecule has 0 spiro atoms. The van der Waals surface area contributed by atoms with E-state index in [9.17, 15) is 10.1 Å². The molecule has 0 fully saturated rings. The summed E-state index contributed by atoms with van der Waals surface area (Å²) >= 11 is 12.2. The van der Waals surface area contributed by atoms with Gasteiger partial charge in [-0.15, -0.1) is 10.2 Å². The van der Waals surface area contributed by atoms with Gasteiger partial charge in [-0.3, -0.25) is 14.7 Å². The molecule has 7 nitrogen and oxygen atoms in total. The van der Waals surface area contributed by atoms with Crippen LogP contribution in [0.15, 0.2) is 42.5 Å². The van der Waals surface area contributed by atoms with E-state index in [1.54, 1.807) is 23.7 Å². The Morgan fingerprint density at radius 1 is 1.16 bits per heavy atom. The van der Waals surface area contributed by atoms with Crippen LogP contribution >= 0.6 is 23.2 Å². The maximum absolute atomic E-state index is 10.8. The molecule has 0 radical (unpaired) electrons. The maximum atomic E-state index is 10.8. The van der Waals surface area contributed by atoms with Gasteiger partial charge in [0.15, 0.2) is 5.82 Å². The standard InChI is InChI=1S/C16H13Cl2N5O2/c1-21(11-5-3-4-10(17)8-11)16-20-19-15(22(16)2)13-7-6-12(23(24)25)9-14(13)18/h3-9H,1-2H3. The van der Waals surface area contributed by atoms with Crippen molar-refractivity contribution < 1.29 is 4.92 Å². The SMILES string of the molecule is CN(c1cccc(Cl)c1)c1nnc(-c2ccc([N+](=O)[O-])cc2Cl)n1C. The van der Waals surface area contributed by atoms with Crippen LogP contribution in [-0.2, 0) is 7.05 Å². The molecule has 0 bridgehead atoms. The molecule has 0 N–H and O–H groups in total. The lowest BCUT2D eigenvalue weighted by Gasteiger charge is -2.18. The highest BCUT2D eigenvalue weighted by molar-refractivity contribution is 6.33. The summed E-state index contributed by atoms with van der Waals surface area (Å²) in [5.74, 6) is 1.08. The summed E-state index contributed by atoms with van der Waals surface area (Å²) in [6.07, 6.45) is 0. The van der Waals surface area contributed by atoms with Crippen molar-refractivity contribution in [2.75, 3.05) is 11.9 Å². The monoisotopic (exact) mass is 377 g/mol. The van der Waals surface area contributed by atoms with Crippen molar-refractivity contribution in [1.29, 1.82) is 0 Å². The van der Waals surface area contributed by atoms with Gasteiger partial charge in [-0.05, 0) is 24.3 Å². The topological polar surface area (TPSA) is 77.1 Å². The number of anilines is 2. The summed E-state index contributed by atoms with van der Waals surface area (Å²) in [6.45, 7) is 0. The molecule has 0 amide bonds. The Labute approximate surface area is 153 Å². The third-order valence-corrected chi connectivity index (χ3v) is 4.30. The van der Waals surface area contributed by atoms with Crippen LogP contribution in [0.5, 0.6) is 0 Å². The van der Waals surface area contributed by atoms with Crippen LogP contribution in [-0.4, -0.2) is 26.7 Å². The Bertz CT molecular complexity index is 957. The van der Waals surface area contributed by atoms with Crippen molar-refractivity contribution in [3.63, 3.8) is 0 Å². The van der Waals surface area contributed by atoms with Gasteiger partial charge in [0, 0.05) is 42.5 Å². The first-order valence-corrected chi connectivity index (χ1v) is 7.97. The van der Waals surface area contributed by atoms with Crippen molar-refractivity contribution in [2.24, 2.45) is 7.05 Å². The molecule has 0 unspecified atom stereocenters. The highest BCUT2D eigenvalue weighted by atomic mass is 35.5. The Kier molecular flexibility index (Phi) is 4.61. The second kappa shape index (κ2) is 6.70. The van der Waals surface area contributed by atoms with Gasteiger partial charge in [-0.1, -0.05) is 29.3 Å². The first kappa shape index (κ1) is 17.2. The normalized spacial score (nSPS) is 10.7. The zero-order valence-corrected chi connectivity index (χ0v) is 14.9. The van der Waals surface area contributed by atoms with E-state index < -0.39 is 4.92 Å². The van der Waals surface area contributed by atoms with Crippen molar-refractivity contribution in [3.8, 4) is 11.4 Å². The zero-order chi connectivity index (χ0) is 18.1. The number of hydrogen-bond donors (Lipinski definition) is 0. The Morgan fingerprint density at radius 3 is 2.56 bits per heavy atom. The average molecular weight is 378 g/mol. The molecule has 3 rings (SSSR count). The third-order valence-electron chi connectivity index (χ3n) is 3.75. The fourth-order valence-electron chi connectivity index (χ4n) is 2.45. The van der Waals surface area contributed by atoms with E-state index in [1.165, 1.54) is 12.1 Å². The smallest absolute Gasteiger partial charge is 0.270 e. The van der Waals surface area contributed by atoms with Gasteiger partial charge in [-0.2, -0.15) is 0 Å². The van der Waals surface area contributed by atoms with Gasteiger partial charge in [0.25, 0.3) is 5.69 Å². The molecule has 2 aromatic carbocycles. The minimum atomic E-state index is -0.495. The van der Waals surface area contributed by atoms with Gasteiger partial charge < -0.3 is 4.90 Å².